The van der Waals surface area contributed by atoms with Crippen LogP contribution in [-0.4, -0.2) is 67.2 Å². The number of piperidine rings is 1. The maximum Gasteiger partial charge on any atom is 0.167 e. The molecule has 0 saturated carbocycles. The summed E-state index contributed by atoms with van der Waals surface area (Å²) in [7, 11) is 2.12. The van der Waals surface area contributed by atoms with Crippen molar-refractivity contribution in [3.8, 4) is 5.75 Å². The van der Waals surface area contributed by atoms with E-state index in [0.717, 1.165) is 64.3 Å². The number of nitrogens with zero attached hydrogens (tertiary/aromatic N) is 4. The minimum absolute atomic E-state index is 0.0535. The Labute approximate surface area is 172 Å². The fourth-order valence-corrected chi connectivity index (χ4v) is 4.06. The second-order valence-electron chi connectivity index (χ2n) is 8.09. The van der Waals surface area contributed by atoms with Gasteiger partial charge < -0.3 is 20.3 Å². The van der Waals surface area contributed by atoms with Gasteiger partial charge >= 0.3 is 0 Å². The SMILES string of the molecule is CN1CCN(c2ccc(OC3CCN(Cc4ccnc(N)c4)CC3)c(F)c2)CC1. The summed E-state index contributed by atoms with van der Waals surface area (Å²) in [5.41, 5.74) is 7.87. The van der Waals surface area contributed by atoms with Crippen LogP contribution < -0.4 is 15.4 Å². The second-order valence-corrected chi connectivity index (χ2v) is 8.09. The first kappa shape index (κ1) is 19.9. The second kappa shape index (κ2) is 8.97. The number of hydrogen-bond acceptors (Lipinski definition) is 6. The Morgan fingerprint density at radius 2 is 1.83 bits per heavy atom. The third-order valence-electron chi connectivity index (χ3n) is 5.86. The normalized spacial score (nSPS) is 19.4. The number of benzene rings is 1. The lowest BCUT2D eigenvalue weighted by Crippen LogP contribution is -2.44. The van der Waals surface area contributed by atoms with Crippen molar-refractivity contribution in [3.63, 3.8) is 0 Å². The molecule has 2 aliphatic heterocycles. The monoisotopic (exact) mass is 399 g/mol. The molecule has 0 aliphatic carbocycles. The van der Waals surface area contributed by atoms with E-state index in [1.54, 1.807) is 18.3 Å². The minimum Gasteiger partial charge on any atom is -0.487 e. The summed E-state index contributed by atoms with van der Waals surface area (Å²) >= 11 is 0. The molecule has 0 unspecified atom stereocenters. The van der Waals surface area contributed by atoms with Gasteiger partial charge in [-0.1, -0.05) is 0 Å². The van der Waals surface area contributed by atoms with E-state index in [1.165, 1.54) is 5.56 Å². The lowest BCUT2D eigenvalue weighted by Gasteiger charge is -2.34. The number of likely N-dealkylation sites (N-methyl/N-ethyl adjacent to an activating group) is 1. The van der Waals surface area contributed by atoms with Crippen molar-refractivity contribution in [1.82, 2.24) is 14.8 Å². The van der Waals surface area contributed by atoms with Crippen molar-refractivity contribution in [1.29, 1.82) is 0 Å². The van der Waals surface area contributed by atoms with Crippen LogP contribution in [0.1, 0.15) is 18.4 Å². The van der Waals surface area contributed by atoms with Crippen LogP contribution >= 0.6 is 0 Å². The topological polar surface area (TPSA) is 57.9 Å². The molecule has 2 saturated heterocycles. The third-order valence-corrected chi connectivity index (χ3v) is 5.86. The number of aromatic nitrogens is 1. The number of halogens is 1. The molecule has 29 heavy (non-hydrogen) atoms. The molecule has 7 heteroatoms. The van der Waals surface area contributed by atoms with E-state index in [2.05, 4.69) is 26.7 Å². The number of ether oxygens (including phenoxy) is 1. The number of hydrogen-bond donors (Lipinski definition) is 1. The zero-order valence-electron chi connectivity index (χ0n) is 17.1. The highest BCUT2D eigenvalue weighted by Gasteiger charge is 2.22. The van der Waals surface area contributed by atoms with Gasteiger partial charge in [0.25, 0.3) is 0 Å². The van der Waals surface area contributed by atoms with Crippen LogP contribution in [0.5, 0.6) is 5.75 Å². The van der Waals surface area contributed by atoms with Crippen molar-refractivity contribution >= 4 is 11.5 Å². The van der Waals surface area contributed by atoms with E-state index in [-0.39, 0.29) is 11.9 Å². The Balaban J connectivity index is 1.29. The predicted molar refractivity (Wildman–Crippen MR) is 114 cm³/mol. The Bertz CT molecular complexity index is 817. The van der Waals surface area contributed by atoms with Gasteiger partial charge in [-0.15, -0.1) is 0 Å². The van der Waals surface area contributed by atoms with Gasteiger partial charge in [0.1, 0.15) is 11.9 Å². The highest BCUT2D eigenvalue weighted by Crippen LogP contribution is 2.27. The third kappa shape index (κ3) is 5.16. The number of rotatable bonds is 5. The van der Waals surface area contributed by atoms with Gasteiger partial charge in [-0.3, -0.25) is 4.90 Å². The fraction of sp³-hybridized carbons (Fsp3) is 0.500. The molecule has 2 N–H and O–H groups in total. The first-order chi connectivity index (χ1) is 14.1. The van der Waals surface area contributed by atoms with E-state index >= 15 is 0 Å². The van der Waals surface area contributed by atoms with E-state index in [0.29, 0.717) is 11.6 Å². The summed E-state index contributed by atoms with van der Waals surface area (Å²) in [5, 5.41) is 0. The quantitative estimate of drug-likeness (QED) is 0.834. The summed E-state index contributed by atoms with van der Waals surface area (Å²) in [6.07, 6.45) is 3.58. The molecule has 0 bridgehead atoms. The van der Waals surface area contributed by atoms with E-state index < -0.39 is 0 Å². The minimum atomic E-state index is -0.267. The Hall–Kier alpha value is -2.38. The summed E-state index contributed by atoms with van der Waals surface area (Å²) in [4.78, 5) is 10.9. The van der Waals surface area contributed by atoms with Crippen molar-refractivity contribution in [2.75, 3.05) is 56.9 Å². The summed E-state index contributed by atoms with van der Waals surface area (Å²) in [6.45, 7) is 6.57. The van der Waals surface area contributed by atoms with Gasteiger partial charge in [-0.2, -0.15) is 0 Å². The molecular formula is C22H30FN5O. The smallest absolute Gasteiger partial charge is 0.167 e. The molecule has 1 aromatic heterocycles. The average molecular weight is 400 g/mol. The number of anilines is 2. The fourth-order valence-electron chi connectivity index (χ4n) is 4.06. The van der Waals surface area contributed by atoms with Crippen molar-refractivity contribution < 1.29 is 9.13 Å². The summed E-state index contributed by atoms with van der Waals surface area (Å²) in [5.74, 6) is 0.649. The molecule has 6 nitrogen and oxygen atoms in total. The van der Waals surface area contributed by atoms with Crippen LogP contribution in [0.15, 0.2) is 36.5 Å². The lowest BCUT2D eigenvalue weighted by atomic mass is 10.1. The van der Waals surface area contributed by atoms with E-state index in [9.17, 15) is 4.39 Å². The van der Waals surface area contributed by atoms with E-state index in [4.69, 9.17) is 10.5 Å². The molecule has 2 aromatic rings. The number of pyridine rings is 1. The molecule has 2 aliphatic rings. The molecule has 156 valence electrons. The molecule has 4 rings (SSSR count). The van der Waals surface area contributed by atoms with Gasteiger partial charge in [0.05, 0.1) is 0 Å². The lowest BCUT2D eigenvalue weighted by molar-refractivity contribution is 0.0935. The molecule has 0 amide bonds. The zero-order chi connectivity index (χ0) is 20.2. The number of nitrogens with two attached hydrogens (primary N) is 1. The number of nitrogen functional groups attached to an aromatic ring is 1. The molecule has 0 radical (unpaired) electrons. The van der Waals surface area contributed by atoms with Crippen LogP contribution in [0.25, 0.3) is 0 Å². The Kier molecular flexibility index (Phi) is 6.16. The largest absolute Gasteiger partial charge is 0.487 e. The average Bonchev–Trinajstić information content (AvgIpc) is 2.71. The predicted octanol–water partition coefficient (Wildman–Crippen LogP) is 2.60. The highest BCUT2D eigenvalue weighted by atomic mass is 19.1. The summed E-state index contributed by atoms with van der Waals surface area (Å²) < 4.78 is 20.7. The number of likely N-dealkylation sites (tertiary alicyclic amines) is 1. The van der Waals surface area contributed by atoms with Gasteiger partial charge in [0, 0.05) is 63.8 Å². The standard InChI is InChI=1S/C22H30FN5O/c1-26-10-12-28(13-11-26)18-2-3-21(20(23)15-18)29-19-5-8-27(9-6-19)16-17-4-7-25-22(24)14-17/h2-4,7,14-15,19H,5-6,8-13,16H2,1H3,(H2,24,25). The molecule has 3 heterocycles. The molecule has 2 fully saturated rings. The van der Waals surface area contributed by atoms with Crippen LogP contribution in [0, 0.1) is 5.82 Å². The molecule has 1 aromatic carbocycles. The van der Waals surface area contributed by atoms with Gasteiger partial charge in [0.15, 0.2) is 11.6 Å². The zero-order valence-corrected chi connectivity index (χ0v) is 17.1. The van der Waals surface area contributed by atoms with Gasteiger partial charge in [-0.25, -0.2) is 9.37 Å². The van der Waals surface area contributed by atoms with Crippen molar-refractivity contribution in [2.45, 2.75) is 25.5 Å². The van der Waals surface area contributed by atoms with Gasteiger partial charge in [0.2, 0.25) is 0 Å². The number of piperazine rings is 1. The van der Waals surface area contributed by atoms with E-state index in [1.807, 2.05) is 18.2 Å². The maximum atomic E-state index is 14.6. The van der Waals surface area contributed by atoms with Gasteiger partial charge in [-0.05, 0) is 49.7 Å². The highest BCUT2D eigenvalue weighted by molar-refractivity contribution is 5.50. The molecular weight excluding hydrogens is 369 g/mol. The first-order valence-corrected chi connectivity index (χ1v) is 10.4. The van der Waals surface area contributed by atoms with Crippen LogP contribution in [0.4, 0.5) is 15.9 Å². The van der Waals surface area contributed by atoms with Crippen LogP contribution in [0.2, 0.25) is 0 Å². The maximum absolute atomic E-state index is 14.6. The Morgan fingerprint density at radius 1 is 1.07 bits per heavy atom. The Morgan fingerprint density at radius 3 is 2.52 bits per heavy atom. The molecule has 0 atom stereocenters. The van der Waals surface area contributed by atoms with Crippen molar-refractivity contribution in [3.05, 3.63) is 47.9 Å². The van der Waals surface area contributed by atoms with Crippen molar-refractivity contribution in [2.24, 2.45) is 0 Å². The summed E-state index contributed by atoms with van der Waals surface area (Å²) in [6, 6.07) is 9.29. The van der Waals surface area contributed by atoms with Crippen LogP contribution in [-0.2, 0) is 6.54 Å². The first-order valence-electron chi connectivity index (χ1n) is 10.4. The van der Waals surface area contributed by atoms with Crippen LogP contribution in [0.3, 0.4) is 0 Å². The molecule has 0 spiro atoms.